The molecule has 0 aromatic carbocycles. The minimum absolute atomic E-state index is 0. The van der Waals surface area contributed by atoms with Crippen LogP contribution < -0.4 is 14.7 Å². The Balaban J connectivity index is -0.0000000533. The molecule has 21 heteroatoms. The standard InChI is InChI=1S/Al.4H3O4P/c;4*1-5(2,3)4/h;4*(H3,1,2,3,4)/q+3;;;;/p-3. The van der Waals surface area contributed by atoms with E-state index in [1.807, 2.05) is 0 Å². The van der Waals surface area contributed by atoms with Gasteiger partial charge in [0.25, 0.3) is 23.5 Å². The molecule has 0 aromatic heterocycles. The number of hydrogen-bond acceptors (Lipinski definition) is 7. The third kappa shape index (κ3) is 7980. The van der Waals surface area contributed by atoms with Gasteiger partial charge in [0.1, 0.15) is 0 Å². The van der Waals surface area contributed by atoms with Gasteiger partial charge in [0.2, 0.25) is 0 Å². The maximum atomic E-state index is 8.88. The van der Waals surface area contributed by atoms with E-state index < -0.39 is 31.3 Å². The Hall–Kier alpha value is 0.972. The zero-order valence-electron chi connectivity index (χ0n) is 9.25. The van der Waals surface area contributed by atoms with Crippen molar-refractivity contribution in [3.05, 3.63) is 0 Å². The van der Waals surface area contributed by atoms with Crippen molar-refractivity contribution in [3.8, 4) is 0 Å². The van der Waals surface area contributed by atoms with Crippen molar-refractivity contribution in [1.29, 1.82) is 0 Å². The predicted molar refractivity (Wildman–Crippen MR) is 56.1 cm³/mol. The molecule has 0 rings (SSSR count). The Labute approximate surface area is 126 Å². The van der Waals surface area contributed by atoms with E-state index in [2.05, 4.69) is 0 Å². The molecule has 16 nitrogen and oxygen atoms in total. The summed E-state index contributed by atoms with van der Waals surface area (Å²) in [5.41, 5.74) is 0. The van der Waals surface area contributed by atoms with Crippen LogP contribution in [0.2, 0.25) is 0 Å². The number of hydrogen-bond donors (Lipinski definition) is 9. The van der Waals surface area contributed by atoms with Crippen LogP contribution in [0.25, 0.3) is 0 Å². The second-order valence-corrected chi connectivity index (χ2v) is 5.96. The Morgan fingerprint density at radius 1 is 0.476 bits per heavy atom. The predicted octanol–water partition coefficient (Wildman–Crippen LogP) is -5.99. The Morgan fingerprint density at radius 2 is 0.476 bits per heavy atom. The maximum absolute atomic E-state index is 8.88. The number of phosphoric acid groups is 4. The first-order chi connectivity index (χ1) is 8.00. The molecule has 0 spiro atoms. The van der Waals surface area contributed by atoms with E-state index in [0.29, 0.717) is 0 Å². The minimum atomic E-state index is -4.89. The van der Waals surface area contributed by atoms with Crippen molar-refractivity contribution in [2.24, 2.45) is 0 Å². The molecule has 0 heterocycles. The van der Waals surface area contributed by atoms with Crippen LogP contribution in [0.3, 0.4) is 0 Å². The molecule has 0 amide bonds. The van der Waals surface area contributed by atoms with Crippen LogP contribution >= 0.6 is 31.3 Å². The summed E-state index contributed by atoms with van der Waals surface area (Å²) >= 11 is 0. The maximum Gasteiger partial charge on any atom is 3.00 e. The van der Waals surface area contributed by atoms with Crippen molar-refractivity contribution >= 4 is 48.7 Å². The largest absolute Gasteiger partial charge is 3.00 e. The Morgan fingerprint density at radius 3 is 0.476 bits per heavy atom. The smallest absolute Gasteiger partial charge is 0.756 e. The van der Waals surface area contributed by atoms with Gasteiger partial charge in [-0.25, -0.2) is 4.57 Å². The van der Waals surface area contributed by atoms with Gasteiger partial charge in [0, 0.05) is 0 Å². The topological polar surface area (TPSA) is 320 Å². The third-order valence-electron chi connectivity index (χ3n) is 0. The molecule has 0 atom stereocenters. The Kier molecular flexibility index (Phi) is 21.4. The SMILES string of the molecule is O=P(O)(O)O.O=P([O-])(O)O.O=P([O-])(O)O.O=P([O-])(O)O.[Al+3]. The molecular formula is H9AlO16P4. The van der Waals surface area contributed by atoms with Crippen LogP contribution in [0.5, 0.6) is 0 Å². The van der Waals surface area contributed by atoms with Gasteiger partial charge in [0.05, 0.1) is 0 Å². The van der Waals surface area contributed by atoms with E-state index in [1.165, 1.54) is 0 Å². The first-order valence-corrected chi connectivity index (χ1v) is 9.23. The van der Waals surface area contributed by atoms with Gasteiger partial charge < -0.3 is 58.7 Å². The fraction of sp³-hybridized carbons (Fsp3) is 0. The molecule has 128 valence electrons. The van der Waals surface area contributed by atoms with E-state index >= 15 is 0 Å². The molecule has 0 bridgehead atoms. The molecule has 9 N–H and O–H groups in total. The quantitative estimate of drug-likeness (QED) is 0.131. The van der Waals surface area contributed by atoms with Gasteiger partial charge in [-0.3, -0.25) is 13.7 Å². The summed E-state index contributed by atoms with van der Waals surface area (Å²) in [6.45, 7) is 0. The zero-order valence-corrected chi connectivity index (χ0v) is 14.0. The molecule has 0 aliphatic carbocycles. The average molecular weight is 416 g/mol. The molecule has 0 aromatic rings. The second kappa shape index (κ2) is 13.4. The average Bonchev–Trinajstić information content (AvgIpc) is 1.62. The van der Waals surface area contributed by atoms with Crippen molar-refractivity contribution < 1.29 is 77.0 Å². The molecular weight excluding hydrogens is 407 g/mol. The molecule has 0 radical (unpaired) electrons. The normalized spacial score (nSPS) is 11.2. The van der Waals surface area contributed by atoms with Crippen LogP contribution in [-0.2, 0) is 18.3 Å². The zero-order chi connectivity index (χ0) is 18.0. The van der Waals surface area contributed by atoms with Gasteiger partial charge in [-0.15, -0.1) is 0 Å². The fourth-order valence-corrected chi connectivity index (χ4v) is 0. The van der Waals surface area contributed by atoms with Gasteiger partial charge in [-0.1, -0.05) is 0 Å². The summed E-state index contributed by atoms with van der Waals surface area (Å²) in [5, 5.41) is 0. The molecule has 21 heavy (non-hydrogen) atoms. The van der Waals surface area contributed by atoms with E-state index in [9.17, 15) is 0 Å². The number of rotatable bonds is 0. The molecule has 0 fully saturated rings. The van der Waals surface area contributed by atoms with Crippen LogP contribution in [-0.4, -0.2) is 61.4 Å². The summed E-state index contributed by atoms with van der Waals surface area (Å²) in [6, 6.07) is 0. The van der Waals surface area contributed by atoms with Crippen LogP contribution in [0.4, 0.5) is 0 Å². The van der Waals surface area contributed by atoms with E-state index in [4.69, 9.17) is 77.0 Å². The molecule has 0 saturated heterocycles. The van der Waals surface area contributed by atoms with Crippen molar-refractivity contribution in [2.45, 2.75) is 0 Å². The summed E-state index contributed by atoms with van der Waals surface area (Å²) in [6.07, 6.45) is 0. The van der Waals surface area contributed by atoms with Crippen molar-refractivity contribution in [2.75, 3.05) is 0 Å². The van der Waals surface area contributed by atoms with Crippen LogP contribution in [0, 0.1) is 0 Å². The molecule has 0 aliphatic heterocycles. The van der Waals surface area contributed by atoms with Crippen molar-refractivity contribution in [1.82, 2.24) is 0 Å². The van der Waals surface area contributed by atoms with Crippen LogP contribution in [0.1, 0.15) is 0 Å². The van der Waals surface area contributed by atoms with Gasteiger partial charge in [0.15, 0.2) is 0 Å². The Bertz CT molecular complexity index is 285. The third-order valence-corrected chi connectivity index (χ3v) is 0. The summed E-state index contributed by atoms with van der Waals surface area (Å²) in [4.78, 5) is 90.3. The molecule has 0 unspecified atom stereocenters. The monoisotopic (exact) mass is 416 g/mol. The van der Waals surface area contributed by atoms with E-state index in [1.54, 1.807) is 0 Å². The second-order valence-electron chi connectivity index (χ2n) is 1.99. The molecule has 0 aliphatic rings. The summed E-state index contributed by atoms with van der Waals surface area (Å²) in [5.74, 6) is 0. The fourth-order valence-electron chi connectivity index (χ4n) is 0. The van der Waals surface area contributed by atoms with E-state index in [-0.39, 0.29) is 17.4 Å². The van der Waals surface area contributed by atoms with E-state index in [0.717, 1.165) is 0 Å². The van der Waals surface area contributed by atoms with Gasteiger partial charge in [-0.05, 0) is 0 Å². The first kappa shape index (κ1) is 33.5. The van der Waals surface area contributed by atoms with Gasteiger partial charge >= 0.3 is 25.2 Å². The summed E-state index contributed by atoms with van der Waals surface area (Å²) in [7, 11) is -19.3. The van der Waals surface area contributed by atoms with Crippen LogP contribution in [0.15, 0.2) is 0 Å². The minimum Gasteiger partial charge on any atom is -0.756 e. The molecule has 0 saturated carbocycles. The first-order valence-electron chi connectivity index (χ1n) is 3.08. The summed E-state index contributed by atoms with van der Waals surface area (Å²) < 4.78 is 35.2. The van der Waals surface area contributed by atoms with Gasteiger partial charge in [-0.2, -0.15) is 0 Å². The van der Waals surface area contributed by atoms with Crippen molar-refractivity contribution in [3.63, 3.8) is 0 Å².